The number of hydrogen-bond acceptors (Lipinski definition) is 2. The van der Waals surface area contributed by atoms with Crippen LogP contribution in [0.15, 0.2) is 6.20 Å². The molecule has 7 heteroatoms. The monoisotopic (exact) mass is 228 g/mol. The standard InChI is InChI=1S/C7H8ClF3N2O/c1-2-3-13-6(5(8)4-12-13)14-7(9,10)11/h4H,2-3H2,1H3. The Morgan fingerprint density at radius 1 is 1.57 bits per heavy atom. The molecule has 14 heavy (non-hydrogen) atoms. The van der Waals surface area contributed by atoms with Crippen LogP contribution >= 0.6 is 11.6 Å². The number of hydrogen-bond donors (Lipinski definition) is 0. The molecule has 0 amide bonds. The minimum atomic E-state index is -4.74. The topological polar surface area (TPSA) is 27.1 Å². The van der Waals surface area contributed by atoms with E-state index in [0.717, 1.165) is 10.9 Å². The summed E-state index contributed by atoms with van der Waals surface area (Å²) >= 11 is 5.48. The van der Waals surface area contributed by atoms with E-state index < -0.39 is 12.2 Å². The average molecular weight is 229 g/mol. The van der Waals surface area contributed by atoms with E-state index in [2.05, 4.69) is 9.84 Å². The second-order valence-corrected chi connectivity index (χ2v) is 2.98. The summed E-state index contributed by atoms with van der Waals surface area (Å²) in [5.74, 6) is -0.457. The van der Waals surface area contributed by atoms with E-state index in [-0.39, 0.29) is 5.02 Å². The van der Waals surface area contributed by atoms with Gasteiger partial charge in [0.2, 0.25) is 5.88 Å². The highest BCUT2D eigenvalue weighted by molar-refractivity contribution is 6.31. The fourth-order valence-corrected chi connectivity index (χ4v) is 1.11. The Bertz CT molecular complexity index is 310. The van der Waals surface area contributed by atoms with Crippen LogP contribution in [0, 0.1) is 0 Å². The van der Waals surface area contributed by atoms with Crippen molar-refractivity contribution in [2.45, 2.75) is 26.3 Å². The van der Waals surface area contributed by atoms with Crippen LogP contribution < -0.4 is 4.74 Å². The summed E-state index contributed by atoms with van der Waals surface area (Å²) in [6, 6.07) is 0. The lowest BCUT2D eigenvalue weighted by Gasteiger charge is -2.10. The Hall–Kier alpha value is -0.910. The van der Waals surface area contributed by atoms with Crippen LogP contribution in [-0.4, -0.2) is 16.1 Å². The fourth-order valence-electron chi connectivity index (χ4n) is 0.933. The van der Waals surface area contributed by atoms with Gasteiger partial charge >= 0.3 is 6.36 Å². The molecule has 0 aliphatic rings. The molecular weight excluding hydrogens is 221 g/mol. The Morgan fingerprint density at radius 2 is 2.21 bits per heavy atom. The fraction of sp³-hybridized carbons (Fsp3) is 0.571. The molecule has 80 valence electrons. The molecule has 0 N–H and O–H groups in total. The molecular formula is C7H8ClF3N2O. The lowest BCUT2D eigenvalue weighted by molar-refractivity contribution is -0.277. The number of aromatic nitrogens is 2. The maximum absolute atomic E-state index is 11.9. The third kappa shape index (κ3) is 2.80. The number of ether oxygens (including phenoxy) is 1. The highest BCUT2D eigenvalue weighted by Gasteiger charge is 2.33. The van der Waals surface area contributed by atoms with Gasteiger partial charge in [0.1, 0.15) is 5.02 Å². The van der Waals surface area contributed by atoms with Crippen molar-refractivity contribution in [2.24, 2.45) is 0 Å². The van der Waals surface area contributed by atoms with Crippen LogP contribution in [0.25, 0.3) is 0 Å². The lowest BCUT2D eigenvalue weighted by atomic mass is 10.5. The van der Waals surface area contributed by atoms with E-state index >= 15 is 0 Å². The second-order valence-electron chi connectivity index (χ2n) is 2.57. The van der Waals surface area contributed by atoms with E-state index in [1.165, 1.54) is 0 Å². The highest BCUT2D eigenvalue weighted by atomic mass is 35.5. The van der Waals surface area contributed by atoms with Gasteiger partial charge in [0.15, 0.2) is 0 Å². The zero-order valence-electron chi connectivity index (χ0n) is 7.31. The van der Waals surface area contributed by atoms with E-state index in [9.17, 15) is 13.2 Å². The van der Waals surface area contributed by atoms with Crippen molar-refractivity contribution in [3.8, 4) is 5.88 Å². The molecule has 1 heterocycles. The maximum atomic E-state index is 11.9. The molecule has 0 aliphatic carbocycles. The zero-order chi connectivity index (χ0) is 10.8. The normalized spacial score (nSPS) is 11.8. The molecule has 0 unspecified atom stereocenters. The first-order chi connectivity index (χ1) is 6.44. The molecule has 0 bridgehead atoms. The maximum Gasteiger partial charge on any atom is 0.574 e. The molecule has 1 aromatic heterocycles. The minimum absolute atomic E-state index is 0.143. The van der Waals surface area contributed by atoms with Gasteiger partial charge in [0.05, 0.1) is 6.20 Å². The molecule has 0 fully saturated rings. The predicted molar refractivity (Wildman–Crippen MR) is 44.2 cm³/mol. The quantitative estimate of drug-likeness (QED) is 0.796. The van der Waals surface area contributed by atoms with Crippen LogP contribution in [-0.2, 0) is 6.54 Å². The van der Waals surface area contributed by atoms with Crippen LogP contribution in [0.5, 0.6) is 5.88 Å². The van der Waals surface area contributed by atoms with Gasteiger partial charge in [0.25, 0.3) is 0 Å². The van der Waals surface area contributed by atoms with Gasteiger partial charge < -0.3 is 4.74 Å². The van der Waals surface area contributed by atoms with Crippen LogP contribution in [0.3, 0.4) is 0 Å². The summed E-state index contributed by atoms with van der Waals surface area (Å²) in [4.78, 5) is 0. The number of halogens is 4. The van der Waals surface area contributed by atoms with E-state index in [1.807, 2.05) is 6.92 Å². The number of nitrogens with zero attached hydrogens (tertiary/aromatic N) is 2. The Labute approximate surface area is 83.4 Å². The molecule has 3 nitrogen and oxygen atoms in total. The van der Waals surface area contributed by atoms with Gasteiger partial charge in [-0.3, -0.25) is 0 Å². The van der Waals surface area contributed by atoms with Crippen molar-refractivity contribution >= 4 is 11.6 Å². The summed E-state index contributed by atoms with van der Waals surface area (Å²) in [6.45, 7) is 2.14. The Balaban J connectivity index is 2.88. The van der Waals surface area contributed by atoms with E-state index in [0.29, 0.717) is 13.0 Å². The Morgan fingerprint density at radius 3 is 2.71 bits per heavy atom. The average Bonchev–Trinajstić information content (AvgIpc) is 2.34. The molecule has 1 aromatic rings. The highest BCUT2D eigenvalue weighted by Crippen LogP contribution is 2.29. The van der Waals surface area contributed by atoms with Crippen molar-refractivity contribution in [1.29, 1.82) is 0 Å². The van der Waals surface area contributed by atoms with Crippen LogP contribution in [0.2, 0.25) is 5.02 Å². The summed E-state index contributed by atoms with van der Waals surface area (Å²) in [6.07, 6.45) is -2.97. The first kappa shape index (κ1) is 11.2. The molecule has 0 aromatic carbocycles. The first-order valence-electron chi connectivity index (χ1n) is 3.91. The van der Waals surface area contributed by atoms with Crippen molar-refractivity contribution in [1.82, 2.24) is 9.78 Å². The predicted octanol–water partition coefficient (Wildman–Crippen LogP) is 2.85. The lowest BCUT2D eigenvalue weighted by Crippen LogP contribution is -2.20. The first-order valence-corrected chi connectivity index (χ1v) is 4.29. The van der Waals surface area contributed by atoms with Gasteiger partial charge in [-0.05, 0) is 6.42 Å². The van der Waals surface area contributed by atoms with Crippen LogP contribution in [0.1, 0.15) is 13.3 Å². The molecule has 0 aliphatic heterocycles. The molecule has 0 atom stereocenters. The van der Waals surface area contributed by atoms with Gasteiger partial charge in [0, 0.05) is 6.54 Å². The smallest absolute Gasteiger partial charge is 0.386 e. The summed E-state index contributed by atoms with van der Waals surface area (Å²) < 4.78 is 40.5. The van der Waals surface area contributed by atoms with Crippen molar-refractivity contribution in [3.63, 3.8) is 0 Å². The number of aryl methyl sites for hydroxylation is 1. The largest absolute Gasteiger partial charge is 0.574 e. The molecule has 0 saturated heterocycles. The third-order valence-corrected chi connectivity index (χ3v) is 1.66. The second kappa shape index (κ2) is 4.08. The van der Waals surface area contributed by atoms with Gasteiger partial charge in [-0.2, -0.15) is 5.10 Å². The molecule has 0 saturated carbocycles. The van der Waals surface area contributed by atoms with Crippen molar-refractivity contribution < 1.29 is 17.9 Å². The summed E-state index contributed by atoms with van der Waals surface area (Å²) in [7, 11) is 0. The third-order valence-electron chi connectivity index (χ3n) is 1.40. The van der Waals surface area contributed by atoms with E-state index in [1.54, 1.807) is 0 Å². The van der Waals surface area contributed by atoms with Crippen molar-refractivity contribution in [2.75, 3.05) is 0 Å². The van der Waals surface area contributed by atoms with Crippen molar-refractivity contribution in [3.05, 3.63) is 11.2 Å². The van der Waals surface area contributed by atoms with Gasteiger partial charge in [-0.1, -0.05) is 18.5 Å². The Kier molecular flexibility index (Phi) is 3.25. The molecule has 0 radical (unpaired) electrons. The van der Waals surface area contributed by atoms with E-state index in [4.69, 9.17) is 11.6 Å². The SMILES string of the molecule is CCCn1ncc(Cl)c1OC(F)(F)F. The zero-order valence-corrected chi connectivity index (χ0v) is 8.06. The van der Waals surface area contributed by atoms with Crippen LogP contribution in [0.4, 0.5) is 13.2 Å². The summed E-state index contributed by atoms with van der Waals surface area (Å²) in [5, 5.41) is 3.51. The molecule has 0 spiro atoms. The minimum Gasteiger partial charge on any atom is -0.386 e. The number of alkyl halides is 3. The summed E-state index contributed by atoms with van der Waals surface area (Å²) in [5.41, 5.74) is 0. The van der Waals surface area contributed by atoms with Gasteiger partial charge in [-0.15, -0.1) is 13.2 Å². The molecule has 1 rings (SSSR count). The number of rotatable bonds is 3. The van der Waals surface area contributed by atoms with Gasteiger partial charge in [-0.25, -0.2) is 4.68 Å².